The predicted octanol–water partition coefficient (Wildman–Crippen LogP) is 1.82. The molecule has 3 nitrogen and oxygen atoms in total. The molecular formula is C11H16FNO2. The minimum absolute atomic E-state index is 0.0441. The normalized spacial score (nSPS) is 11.5. The van der Waals surface area contributed by atoms with Gasteiger partial charge in [-0.2, -0.15) is 0 Å². The summed E-state index contributed by atoms with van der Waals surface area (Å²) in [5, 5.41) is 9.73. The van der Waals surface area contributed by atoms with Crippen LogP contribution in [0.25, 0.3) is 0 Å². The van der Waals surface area contributed by atoms with E-state index < -0.39 is 11.4 Å². The highest BCUT2D eigenvalue weighted by atomic mass is 19.1. The zero-order valence-electron chi connectivity index (χ0n) is 9.17. The Morgan fingerprint density at radius 2 is 2.07 bits per heavy atom. The Balaban J connectivity index is 3.12. The SMILES string of the molecule is COc1cc(F)cc(CC(C)(C)N)c1O. The molecule has 0 bridgehead atoms. The molecule has 1 rings (SSSR count). The van der Waals surface area contributed by atoms with Gasteiger partial charge in [0.2, 0.25) is 0 Å². The Kier molecular flexibility index (Phi) is 3.19. The maximum atomic E-state index is 13.1. The van der Waals surface area contributed by atoms with E-state index in [1.165, 1.54) is 13.2 Å². The zero-order chi connectivity index (χ0) is 11.6. The second-order valence-corrected chi connectivity index (χ2v) is 4.28. The minimum atomic E-state index is -0.504. The third-order valence-electron chi connectivity index (χ3n) is 1.98. The second kappa shape index (κ2) is 4.06. The van der Waals surface area contributed by atoms with Crippen LogP contribution < -0.4 is 10.5 Å². The van der Waals surface area contributed by atoms with Crippen molar-refractivity contribution in [3.8, 4) is 11.5 Å². The maximum Gasteiger partial charge on any atom is 0.163 e. The topological polar surface area (TPSA) is 55.5 Å². The Hall–Kier alpha value is -1.29. The summed E-state index contributed by atoms with van der Waals surface area (Å²) in [5.41, 5.74) is 5.76. The number of phenolic OH excluding ortho intramolecular Hbond substituents is 1. The van der Waals surface area contributed by atoms with Crippen molar-refractivity contribution in [1.82, 2.24) is 0 Å². The number of halogens is 1. The summed E-state index contributed by atoms with van der Waals surface area (Å²) in [6, 6.07) is 2.41. The Labute approximate surface area is 88.7 Å². The van der Waals surface area contributed by atoms with E-state index in [9.17, 15) is 9.50 Å². The van der Waals surface area contributed by atoms with Crippen molar-refractivity contribution in [2.24, 2.45) is 5.73 Å². The Morgan fingerprint density at radius 3 is 2.53 bits per heavy atom. The van der Waals surface area contributed by atoms with Gasteiger partial charge in [0.25, 0.3) is 0 Å². The standard InChI is InChI=1S/C11H16FNO2/c1-11(2,13)6-7-4-8(12)5-9(15-3)10(7)14/h4-5,14H,6,13H2,1-3H3. The van der Waals surface area contributed by atoms with Crippen molar-refractivity contribution in [2.45, 2.75) is 25.8 Å². The van der Waals surface area contributed by atoms with Crippen LogP contribution in [-0.2, 0) is 6.42 Å². The van der Waals surface area contributed by atoms with Gasteiger partial charge in [0.15, 0.2) is 11.5 Å². The van der Waals surface area contributed by atoms with E-state index in [0.717, 1.165) is 6.07 Å². The first-order valence-electron chi connectivity index (χ1n) is 4.68. The maximum absolute atomic E-state index is 13.1. The van der Waals surface area contributed by atoms with Crippen molar-refractivity contribution in [3.63, 3.8) is 0 Å². The lowest BCUT2D eigenvalue weighted by molar-refractivity contribution is 0.364. The van der Waals surface area contributed by atoms with Gasteiger partial charge in [-0.3, -0.25) is 0 Å². The van der Waals surface area contributed by atoms with Gasteiger partial charge in [-0.05, 0) is 26.3 Å². The molecule has 0 saturated heterocycles. The molecule has 0 aliphatic carbocycles. The monoisotopic (exact) mass is 213 g/mol. The fourth-order valence-corrected chi connectivity index (χ4v) is 1.41. The van der Waals surface area contributed by atoms with E-state index in [1.807, 2.05) is 13.8 Å². The van der Waals surface area contributed by atoms with E-state index >= 15 is 0 Å². The van der Waals surface area contributed by atoms with Gasteiger partial charge in [-0.15, -0.1) is 0 Å². The summed E-state index contributed by atoms with van der Waals surface area (Å²) in [6.07, 6.45) is 0.382. The van der Waals surface area contributed by atoms with Crippen LogP contribution in [0.1, 0.15) is 19.4 Å². The number of benzene rings is 1. The van der Waals surface area contributed by atoms with E-state index in [0.29, 0.717) is 12.0 Å². The molecule has 0 aromatic heterocycles. The third kappa shape index (κ3) is 3.09. The lowest BCUT2D eigenvalue weighted by Crippen LogP contribution is -2.34. The highest BCUT2D eigenvalue weighted by Gasteiger charge is 2.17. The number of methoxy groups -OCH3 is 1. The number of nitrogens with two attached hydrogens (primary N) is 1. The van der Waals surface area contributed by atoms with Crippen molar-refractivity contribution in [2.75, 3.05) is 7.11 Å². The molecule has 0 fully saturated rings. The summed E-state index contributed by atoms with van der Waals surface area (Å²) >= 11 is 0. The third-order valence-corrected chi connectivity index (χ3v) is 1.98. The molecule has 0 radical (unpaired) electrons. The number of phenols is 1. The van der Waals surface area contributed by atoms with Gasteiger partial charge in [-0.1, -0.05) is 0 Å². The number of rotatable bonds is 3. The van der Waals surface area contributed by atoms with Crippen molar-refractivity contribution < 1.29 is 14.2 Å². The smallest absolute Gasteiger partial charge is 0.163 e. The summed E-state index contributed by atoms with van der Waals surface area (Å²) in [6.45, 7) is 3.62. The molecule has 15 heavy (non-hydrogen) atoms. The predicted molar refractivity (Wildman–Crippen MR) is 56.6 cm³/mol. The molecule has 0 saturated carbocycles. The van der Waals surface area contributed by atoms with Crippen molar-refractivity contribution >= 4 is 0 Å². The highest BCUT2D eigenvalue weighted by molar-refractivity contribution is 5.46. The summed E-state index contributed by atoms with van der Waals surface area (Å²) in [7, 11) is 1.38. The first-order valence-corrected chi connectivity index (χ1v) is 4.68. The highest BCUT2D eigenvalue weighted by Crippen LogP contribution is 2.32. The molecule has 0 aliphatic rings. The molecule has 0 aliphatic heterocycles. The average Bonchev–Trinajstić information content (AvgIpc) is 2.08. The Bertz CT molecular complexity index is 358. The molecule has 0 amide bonds. The molecule has 1 aromatic rings. The average molecular weight is 213 g/mol. The molecule has 1 aromatic carbocycles. The van der Waals surface area contributed by atoms with E-state index in [-0.39, 0.29) is 11.5 Å². The quantitative estimate of drug-likeness (QED) is 0.805. The molecule has 4 heteroatoms. The fraction of sp³-hybridized carbons (Fsp3) is 0.455. The largest absolute Gasteiger partial charge is 0.504 e. The minimum Gasteiger partial charge on any atom is -0.504 e. The van der Waals surface area contributed by atoms with Crippen LogP contribution in [0.3, 0.4) is 0 Å². The van der Waals surface area contributed by atoms with Crippen LogP contribution >= 0.6 is 0 Å². The lowest BCUT2D eigenvalue weighted by Gasteiger charge is -2.19. The van der Waals surface area contributed by atoms with Gasteiger partial charge >= 0.3 is 0 Å². The van der Waals surface area contributed by atoms with E-state index in [1.54, 1.807) is 0 Å². The molecule has 0 spiro atoms. The molecule has 84 valence electrons. The van der Waals surface area contributed by atoms with Gasteiger partial charge in [0.1, 0.15) is 5.82 Å². The number of aromatic hydroxyl groups is 1. The number of hydrogen-bond acceptors (Lipinski definition) is 3. The molecule has 0 heterocycles. The summed E-state index contributed by atoms with van der Waals surface area (Å²) < 4.78 is 18.0. The van der Waals surface area contributed by atoms with Crippen LogP contribution in [0.15, 0.2) is 12.1 Å². The first kappa shape index (κ1) is 11.8. The number of ether oxygens (including phenoxy) is 1. The lowest BCUT2D eigenvalue weighted by atomic mass is 9.95. The van der Waals surface area contributed by atoms with Gasteiger partial charge in [0.05, 0.1) is 7.11 Å². The van der Waals surface area contributed by atoms with E-state index in [4.69, 9.17) is 10.5 Å². The van der Waals surface area contributed by atoms with Gasteiger partial charge in [0, 0.05) is 17.2 Å². The van der Waals surface area contributed by atoms with E-state index in [2.05, 4.69) is 0 Å². The summed E-state index contributed by atoms with van der Waals surface area (Å²) in [5.74, 6) is -0.351. The molecule has 0 unspecified atom stereocenters. The molecular weight excluding hydrogens is 197 g/mol. The summed E-state index contributed by atoms with van der Waals surface area (Å²) in [4.78, 5) is 0. The second-order valence-electron chi connectivity index (χ2n) is 4.28. The van der Waals surface area contributed by atoms with Crippen molar-refractivity contribution in [1.29, 1.82) is 0 Å². The van der Waals surface area contributed by atoms with Crippen molar-refractivity contribution in [3.05, 3.63) is 23.5 Å². The number of hydrogen-bond donors (Lipinski definition) is 2. The van der Waals surface area contributed by atoms with Crippen LogP contribution in [0.2, 0.25) is 0 Å². The zero-order valence-corrected chi connectivity index (χ0v) is 9.17. The van der Waals surface area contributed by atoms with Gasteiger partial charge < -0.3 is 15.6 Å². The first-order chi connectivity index (χ1) is 6.83. The van der Waals surface area contributed by atoms with Crippen LogP contribution in [0.5, 0.6) is 11.5 Å². The fourth-order valence-electron chi connectivity index (χ4n) is 1.41. The molecule has 3 N–H and O–H groups in total. The Morgan fingerprint density at radius 1 is 1.47 bits per heavy atom. The van der Waals surface area contributed by atoms with Crippen LogP contribution in [0.4, 0.5) is 4.39 Å². The van der Waals surface area contributed by atoms with Crippen LogP contribution in [-0.4, -0.2) is 17.8 Å². The van der Waals surface area contributed by atoms with Crippen LogP contribution in [0, 0.1) is 5.82 Å². The van der Waals surface area contributed by atoms with Gasteiger partial charge in [-0.25, -0.2) is 4.39 Å². The molecule has 0 atom stereocenters.